The van der Waals surface area contributed by atoms with Gasteiger partial charge in [0, 0.05) is 18.7 Å². The van der Waals surface area contributed by atoms with Crippen LogP contribution >= 0.6 is 0 Å². The molecule has 0 spiro atoms. The van der Waals surface area contributed by atoms with Crippen LogP contribution < -0.4 is 11.0 Å². The van der Waals surface area contributed by atoms with Crippen molar-refractivity contribution < 1.29 is 18.2 Å². The van der Waals surface area contributed by atoms with E-state index in [-0.39, 0.29) is 11.6 Å². The minimum atomic E-state index is -3.31. The Hall–Kier alpha value is -0.930. The van der Waals surface area contributed by atoms with Gasteiger partial charge in [0.2, 0.25) is 10.0 Å². The predicted octanol–water partition coefficient (Wildman–Crippen LogP) is 1.10. The molecule has 22 heavy (non-hydrogen) atoms. The highest BCUT2D eigenvalue weighted by atomic mass is 32.2. The van der Waals surface area contributed by atoms with Gasteiger partial charge in [-0.3, -0.25) is 0 Å². The summed E-state index contributed by atoms with van der Waals surface area (Å²) in [5.74, 6) is 0. The summed E-state index contributed by atoms with van der Waals surface area (Å²) in [7, 11) is -3.31. The summed E-state index contributed by atoms with van der Waals surface area (Å²) in [6, 6.07) is 0. The SMILES string of the molecule is CC(C)(C)N[N+](=O)NOC1CCN(S(=O)(=O)C(C)(C)C)CC1. The van der Waals surface area contributed by atoms with Crippen LogP contribution in [0.5, 0.6) is 0 Å². The van der Waals surface area contributed by atoms with E-state index in [0.717, 1.165) is 0 Å². The average molecular weight is 337 g/mol. The summed E-state index contributed by atoms with van der Waals surface area (Å²) >= 11 is 0. The van der Waals surface area contributed by atoms with E-state index in [1.807, 2.05) is 20.8 Å². The summed E-state index contributed by atoms with van der Waals surface area (Å²) in [6.45, 7) is 11.5. The molecule has 0 unspecified atom stereocenters. The van der Waals surface area contributed by atoms with Gasteiger partial charge in [-0.1, -0.05) is 0 Å². The smallest absolute Gasteiger partial charge is 0.219 e. The van der Waals surface area contributed by atoms with Crippen molar-refractivity contribution in [2.75, 3.05) is 13.1 Å². The van der Waals surface area contributed by atoms with Crippen LogP contribution in [-0.4, -0.2) is 47.2 Å². The minimum absolute atomic E-state index is 0.190. The highest BCUT2D eigenvalue weighted by molar-refractivity contribution is 7.90. The zero-order valence-corrected chi connectivity index (χ0v) is 15.2. The number of hydrogen-bond acceptors (Lipinski definition) is 4. The van der Waals surface area contributed by atoms with E-state index in [2.05, 4.69) is 11.0 Å². The third kappa shape index (κ3) is 5.36. The molecule has 0 aromatic rings. The topological polar surface area (TPSA) is 90.8 Å². The molecule has 1 saturated heterocycles. The van der Waals surface area contributed by atoms with Gasteiger partial charge in [-0.25, -0.2) is 17.6 Å². The van der Waals surface area contributed by atoms with E-state index in [1.165, 1.54) is 4.31 Å². The third-order valence-corrected chi connectivity index (χ3v) is 5.85. The molecule has 1 fully saturated rings. The van der Waals surface area contributed by atoms with Crippen molar-refractivity contribution in [3.05, 3.63) is 4.91 Å². The quantitative estimate of drug-likeness (QED) is 0.577. The van der Waals surface area contributed by atoms with Crippen molar-refractivity contribution in [3.63, 3.8) is 0 Å². The van der Waals surface area contributed by atoms with Gasteiger partial charge < -0.3 is 0 Å². The Balaban J connectivity index is 2.42. The molecular weight excluding hydrogens is 308 g/mol. The van der Waals surface area contributed by atoms with E-state index >= 15 is 0 Å². The number of hydrazine groups is 2. The fourth-order valence-electron chi connectivity index (χ4n) is 2.03. The van der Waals surface area contributed by atoms with Crippen LogP contribution in [0.2, 0.25) is 0 Å². The first-order chi connectivity index (χ1) is 9.83. The van der Waals surface area contributed by atoms with Crippen LogP contribution in [-0.2, 0) is 14.9 Å². The van der Waals surface area contributed by atoms with E-state index in [9.17, 15) is 13.3 Å². The van der Waals surface area contributed by atoms with Crippen molar-refractivity contribution in [2.24, 2.45) is 0 Å². The normalized spacial score (nSPS) is 19.0. The molecule has 9 heteroatoms. The first-order valence-corrected chi connectivity index (χ1v) is 8.93. The number of piperidine rings is 1. The highest BCUT2D eigenvalue weighted by Gasteiger charge is 2.37. The molecule has 0 aliphatic carbocycles. The van der Waals surface area contributed by atoms with Gasteiger partial charge in [0.05, 0.1) is 21.3 Å². The van der Waals surface area contributed by atoms with Crippen LogP contribution in [0.25, 0.3) is 0 Å². The number of hydrogen-bond donors (Lipinski definition) is 2. The molecule has 0 atom stereocenters. The van der Waals surface area contributed by atoms with Gasteiger partial charge in [-0.2, -0.15) is 0 Å². The number of rotatable bonds is 5. The Morgan fingerprint density at radius 1 is 1.09 bits per heavy atom. The Bertz CT molecular complexity index is 485. The molecule has 0 saturated carbocycles. The van der Waals surface area contributed by atoms with E-state index in [0.29, 0.717) is 30.9 Å². The molecule has 0 radical (unpaired) electrons. The molecule has 130 valence electrons. The number of nitroso groups, excluding NO2 is 1. The molecule has 1 rings (SSSR count). The molecule has 0 aromatic heterocycles. The Morgan fingerprint density at radius 3 is 2.00 bits per heavy atom. The number of nitrogens with one attached hydrogen (secondary N) is 2. The van der Waals surface area contributed by atoms with Gasteiger partial charge in [0.1, 0.15) is 0 Å². The van der Waals surface area contributed by atoms with E-state index in [4.69, 9.17) is 4.84 Å². The van der Waals surface area contributed by atoms with Crippen LogP contribution in [0.4, 0.5) is 0 Å². The lowest BCUT2D eigenvalue weighted by Gasteiger charge is -2.34. The lowest BCUT2D eigenvalue weighted by atomic mass is 10.1. The van der Waals surface area contributed by atoms with Crippen molar-refractivity contribution in [1.82, 2.24) is 15.3 Å². The van der Waals surface area contributed by atoms with Crippen LogP contribution in [0.3, 0.4) is 0 Å². The zero-order chi connectivity index (χ0) is 17.2. The standard InChI is InChI=1S/C13H29N4O4S/c1-12(2,3)14-17(18)15-21-11-7-9-16(10-8-11)22(19,20)13(4,5)6/h11H,7-10H2,1-6H3,(H2,14,15,18)/q+1. The van der Waals surface area contributed by atoms with Gasteiger partial charge in [0.25, 0.3) is 4.98 Å². The molecule has 1 aliphatic heterocycles. The zero-order valence-electron chi connectivity index (χ0n) is 14.3. The molecule has 1 heterocycles. The molecule has 0 aromatic carbocycles. The Kier molecular flexibility index (Phi) is 5.80. The molecule has 8 nitrogen and oxygen atoms in total. The molecular formula is C13H29N4O4S+. The van der Waals surface area contributed by atoms with Crippen molar-refractivity contribution in [1.29, 1.82) is 0 Å². The van der Waals surface area contributed by atoms with Gasteiger partial charge in [-0.05, 0) is 54.4 Å². The maximum absolute atomic E-state index is 12.3. The first-order valence-electron chi connectivity index (χ1n) is 7.49. The summed E-state index contributed by atoms with van der Waals surface area (Å²) in [5.41, 5.74) is 4.57. The van der Waals surface area contributed by atoms with Gasteiger partial charge >= 0.3 is 0 Å². The molecule has 0 bridgehead atoms. The lowest BCUT2D eigenvalue weighted by Crippen LogP contribution is -2.51. The minimum Gasteiger partial charge on any atom is -0.219 e. The second-order valence-corrected chi connectivity index (χ2v) is 10.3. The maximum atomic E-state index is 12.3. The fourth-order valence-corrected chi connectivity index (χ4v) is 3.49. The van der Waals surface area contributed by atoms with Crippen LogP contribution in [0.15, 0.2) is 0 Å². The summed E-state index contributed by atoms with van der Waals surface area (Å²) in [5, 5.41) is 0. The highest BCUT2D eigenvalue weighted by Crippen LogP contribution is 2.24. The average Bonchev–Trinajstić information content (AvgIpc) is 2.33. The number of nitrogens with zero attached hydrogens (tertiary/aromatic N) is 2. The molecule has 2 N–H and O–H groups in total. The van der Waals surface area contributed by atoms with E-state index < -0.39 is 14.8 Å². The molecule has 0 amide bonds. The molecule has 1 aliphatic rings. The van der Waals surface area contributed by atoms with Gasteiger partial charge in [0.15, 0.2) is 0 Å². The van der Waals surface area contributed by atoms with Crippen molar-refractivity contribution in [3.8, 4) is 0 Å². The van der Waals surface area contributed by atoms with Crippen LogP contribution in [0.1, 0.15) is 54.4 Å². The van der Waals surface area contributed by atoms with E-state index in [1.54, 1.807) is 20.8 Å². The maximum Gasteiger partial charge on any atom is 0.272 e. The summed E-state index contributed by atoms with van der Waals surface area (Å²) in [6.07, 6.45) is 0.904. The largest absolute Gasteiger partial charge is 0.272 e. The monoisotopic (exact) mass is 337 g/mol. The van der Waals surface area contributed by atoms with Crippen molar-refractivity contribution >= 4 is 10.0 Å². The third-order valence-electron chi connectivity index (χ3n) is 3.25. The van der Waals surface area contributed by atoms with Gasteiger partial charge in [-0.15, -0.1) is 5.43 Å². The second-order valence-electron chi connectivity index (χ2n) is 7.58. The second kappa shape index (κ2) is 6.67. The predicted molar refractivity (Wildman–Crippen MR) is 84.0 cm³/mol. The van der Waals surface area contributed by atoms with Crippen molar-refractivity contribution in [2.45, 2.75) is 70.8 Å². The van der Waals surface area contributed by atoms with Crippen LogP contribution in [0, 0.1) is 4.91 Å². The Morgan fingerprint density at radius 2 is 1.59 bits per heavy atom. The summed E-state index contributed by atoms with van der Waals surface area (Å²) < 4.78 is 25.4. The lowest BCUT2D eigenvalue weighted by molar-refractivity contribution is -0.718. The number of sulfonamides is 1. The first kappa shape index (κ1) is 19.1. The summed E-state index contributed by atoms with van der Waals surface area (Å²) in [4.78, 5) is 17.3. The fraction of sp³-hybridized carbons (Fsp3) is 1.00. The Labute approximate surface area is 133 Å².